The van der Waals surface area contributed by atoms with Crippen LogP contribution in [0.25, 0.3) is 0 Å². The van der Waals surface area contributed by atoms with Gasteiger partial charge < -0.3 is 10.4 Å². The predicted octanol–water partition coefficient (Wildman–Crippen LogP) is 1.87. The van der Waals surface area contributed by atoms with E-state index in [1.54, 1.807) is 0 Å². The average molecular weight is 217 g/mol. The molecule has 1 heterocycles. The minimum Gasteiger partial charge on any atom is -0.388 e. The fourth-order valence-corrected chi connectivity index (χ4v) is 2.47. The molecule has 3 unspecified atom stereocenters. The van der Waals surface area contributed by atoms with E-state index in [9.17, 15) is 9.90 Å². The molecule has 0 aromatic heterocycles. The van der Waals surface area contributed by atoms with Crippen LogP contribution in [-0.4, -0.2) is 11.0 Å². The Morgan fingerprint density at radius 1 is 1.50 bits per heavy atom. The molecule has 2 aliphatic rings. The number of aliphatic hydroxyl groups excluding tert-OH is 1. The molecule has 3 heteroatoms. The largest absolute Gasteiger partial charge is 0.388 e. The molecule has 16 heavy (non-hydrogen) atoms. The summed E-state index contributed by atoms with van der Waals surface area (Å²) in [6, 6.07) is 5.77. The van der Waals surface area contributed by atoms with E-state index in [0.29, 0.717) is 18.3 Å². The molecular weight excluding hydrogens is 202 g/mol. The zero-order valence-corrected chi connectivity index (χ0v) is 9.23. The van der Waals surface area contributed by atoms with Crippen molar-refractivity contribution >= 4 is 11.6 Å². The molecule has 3 rings (SSSR count). The van der Waals surface area contributed by atoms with Gasteiger partial charge in [-0.15, -0.1) is 0 Å². The maximum atomic E-state index is 11.2. The highest BCUT2D eigenvalue weighted by molar-refractivity contribution is 5.99. The molecule has 0 bridgehead atoms. The Hall–Kier alpha value is -1.35. The van der Waals surface area contributed by atoms with E-state index in [0.717, 1.165) is 23.2 Å². The number of amides is 1. The number of aliphatic hydroxyl groups is 1. The number of rotatable bonds is 2. The van der Waals surface area contributed by atoms with Crippen molar-refractivity contribution < 1.29 is 9.90 Å². The van der Waals surface area contributed by atoms with Crippen molar-refractivity contribution in [2.45, 2.75) is 25.9 Å². The van der Waals surface area contributed by atoms with Crippen LogP contribution in [0.2, 0.25) is 0 Å². The number of benzene rings is 1. The van der Waals surface area contributed by atoms with Crippen molar-refractivity contribution in [3.8, 4) is 0 Å². The Morgan fingerprint density at radius 2 is 2.25 bits per heavy atom. The van der Waals surface area contributed by atoms with Gasteiger partial charge in [-0.05, 0) is 35.4 Å². The molecule has 84 valence electrons. The third-order valence-electron chi connectivity index (χ3n) is 3.67. The second-order valence-electron chi connectivity index (χ2n) is 4.96. The lowest BCUT2D eigenvalue weighted by molar-refractivity contribution is -0.115. The van der Waals surface area contributed by atoms with Crippen LogP contribution in [-0.2, 0) is 11.2 Å². The van der Waals surface area contributed by atoms with E-state index < -0.39 is 0 Å². The quantitative estimate of drug-likeness (QED) is 0.794. The van der Waals surface area contributed by atoms with Crippen molar-refractivity contribution in [3.05, 3.63) is 29.3 Å². The lowest BCUT2D eigenvalue weighted by Crippen LogP contribution is -2.03. The van der Waals surface area contributed by atoms with Gasteiger partial charge >= 0.3 is 0 Å². The summed E-state index contributed by atoms with van der Waals surface area (Å²) in [6.45, 7) is 2.16. The number of hydrogen-bond donors (Lipinski definition) is 2. The smallest absolute Gasteiger partial charge is 0.228 e. The minimum absolute atomic E-state index is 0.0430. The fraction of sp³-hybridized carbons (Fsp3) is 0.462. The van der Waals surface area contributed by atoms with E-state index in [1.165, 1.54) is 0 Å². The topological polar surface area (TPSA) is 49.3 Å². The first-order chi connectivity index (χ1) is 7.65. The molecule has 1 aromatic rings. The molecule has 0 saturated heterocycles. The predicted molar refractivity (Wildman–Crippen MR) is 61.0 cm³/mol. The Balaban J connectivity index is 1.87. The van der Waals surface area contributed by atoms with E-state index >= 15 is 0 Å². The molecule has 3 nitrogen and oxygen atoms in total. The SMILES string of the molecule is CC1CC1C(O)c1ccc2c(c1)CC(=O)N2. The molecule has 1 saturated carbocycles. The van der Waals surface area contributed by atoms with Gasteiger partial charge in [0, 0.05) is 5.69 Å². The lowest BCUT2D eigenvalue weighted by Gasteiger charge is -2.11. The Morgan fingerprint density at radius 3 is 2.94 bits per heavy atom. The summed E-state index contributed by atoms with van der Waals surface area (Å²) >= 11 is 0. The summed E-state index contributed by atoms with van der Waals surface area (Å²) in [5.74, 6) is 1.08. The molecule has 1 aliphatic heterocycles. The molecular formula is C13H15NO2. The van der Waals surface area contributed by atoms with Gasteiger partial charge in [-0.2, -0.15) is 0 Å². The Kier molecular flexibility index (Phi) is 2.04. The van der Waals surface area contributed by atoms with E-state index in [-0.39, 0.29) is 12.0 Å². The molecule has 1 aromatic carbocycles. The second-order valence-corrected chi connectivity index (χ2v) is 4.96. The van der Waals surface area contributed by atoms with Crippen LogP contribution in [0.5, 0.6) is 0 Å². The summed E-state index contributed by atoms with van der Waals surface area (Å²) in [6.07, 6.45) is 1.18. The molecule has 0 radical (unpaired) electrons. The summed E-state index contributed by atoms with van der Waals surface area (Å²) in [5, 5.41) is 12.9. The van der Waals surface area contributed by atoms with Crippen LogP contribution in [0.4, 0.5) is 5.69 Å². The Labute approximate surface area is 94.5 Å². The molecule has 3 atom stereocenters. The van der Waals surface area contributed by atoms with Gasteiger partial charge in [0.15, 0.2) is 0 Å². The maximum absolute atomic E-state index is 11.2. The zero-order chi connectivity index (χ0) is 11.3. The number of anilines is 1. The number of nitrogens with one attached hydrogen (secondary N) is 1. The molecule has 1 amide bonds. The van der Waals surface area contributed by atoms with Gasteiger partial charge in [0.05, 0.1) is 12.5 Å². The van der Waals surface area contributed by atoms with Crippen molar-refractivity contribution in [3.63, 3.8) is 0 Å². The molecule has 1 fully saturated rings. The highest BCUT2D eigenvalue weighted by atomic mass is 16.3. The van der Waals surface area contributed by atoms with Gasteiger partial charge in [-0.3, -0.25) is 4.79 Å². The third-order valence-corrected chi connectivity index (χ3v) is 3.67. The van der Waals surface area contributed by atoms with Gasteiger partial charge in [-0.25, -0.2) is 0 Å². The number of fused-ring (bicyclic) bond motifs is 1. The van der Waals surface area contributed by atoms with Crippen molar-refractivity contribution in [2.24, 2.45) is 11.8 Å². The summed E-state index contributed by atoms with van der Waals surface area (Å²) in [7, 11) is 0. The first-order valence-corrected chi connectivity index (χ1v) is 5.76. The van der Waals surface area contributed by atoms with Crippen LogP contribution < -0.4 is 5.32 Å². The van der Waals surface area contributed by atoms with E-state index in [4.69, 9.17) is 0 Å². The standard InChI is InChI=1S/C13H15NO2/c1-7-4-10(7)13(16)8-2-3-11-9(5-8)6-12(15)14-11/h2-3,5,7,10,13,16H,4,6H2,1H3,(H,14,15). The molecule has 2 N–H and O–H groups in total. The lowest BCUT2D eigenvalue weighted by atomic mass is 10.0. The van der Waals surface area contributed by atoms with Crippen LogP contribution in [0.1, 0.15) is 30.6 Å². The van der Waals surface area contributed by atoms with Crippen molar-refractivity contribution in [1.29, 1.82) is 0 Å². The summed E-state index contributed by atoms with van der Waals surface area (Å²) in [4.78, 5) is 11.2. The Bertz CT molecular complexity index is 455. The monoisotopic (exact) mass is 217 g/mol. The zero-order valence-electron chi connectivity index (χ0n) is 9.23. The maximum Gasteiger partial charge on any atom is 0.228 e. The summed E-state index contributed by atoms with van der Waals surface area (Å²) < 4.78 is 0. The van der Waals surface area contributed by atoms with Gasteiger partial charge in [-0.1, -0.05) is 19.1 Å². The second kappa shape index (κ2) is 3.32. The van der Waals surface area contributed by atoms with Gasteiger partial charge in [0.1, 0.15) is 0 Å². The molecule has 0 spiro atoms. The number of carbonyl (C=O) groups is 1. The average Bonchev–Trinajstić information content (AvgIpc) is 2.85. The minimum atomic E-state index is -0.365. The summed E-state index contributed by atoms with van der Waals surface area (Å²) in [5.41, 5.74) is 2.85. The number of carbonyl (C=O) groups excluding carboxylic acids is 1. The van der Waals surface area contributed by atoms with Crippen LogP contribution in [0, 0.1) is 11.8 Å². The fourth-order valence-electron chi connectivity index (χ4n) is 2.47. The van der Waals surface area contributed by atoms with Crippen LogP contribution in [0.15, 0.2) is 18.2 Å². The van der Waals surface area contributed by atoms with Crippen molar-refractivity contribution in [1.82, 2.24) is 0 Å². The van der Waals surface area contributed by atoms with Crippen LogP contribution >= 0.6 is 0 Å². The number of hydrogen-bond acceptors (Lipinski definition) is 2. The molecule has 1 aliphatic carbocycles. The first-order valence-electron chi connectivity index (χ1n) is 5.76. The normalized spacial score (nSPS) is 28.5. The third kappa shape index (κ3) is 1.52. The van der Waals surface area contributed by atoms with Gasteiger partial charge in [0.25, 0.3) is 0 Å². The van der Waals surface area contributed by atoms with Gasteiger partial charge in [0.2, 0.25) is 5.91 Å². The van der Waals surface area contributed by atoms with Crippen molar-refractivity contribution in [2.75, 3.05) is 5.32 Å². The first kappa shape index (κ1) is 9.85. The highest BCUT2D eigenvalue weighted by Crippen LogP contribution is 2.47. The van der Waals surface area contributed by atoms with Crippen LogP contribution in [0.3, 0.4) is 0 Å². The highest BCUT2D eigenvalue weighted by Gasteiger charge is 2.39. The van der Waals surface area contributed by atoms with E-state index in [1.807, 2.05) is 18.2 Å². The van der Waals surface area contributed by atoms with E-state index in [2.05, 4.69) is 12.2 Å².